The molecule has 0 radical (unpaired) electrons. The van der Waals surface area contributed by atoms with E-state index in [1.807, 2.05) is 13.8 Å². The van der Waals surface area contributed by atoms with Crippen molar-refractivity contribution in [2.45, 2.75) is 44.8 Å². The molecule has 0 aromatic heterocycles. The van der Waals surface area contributed by atoms with Crippen LogP contribution < -0.4 is 5.32 Å². The third kappa shape index (κ3) is 4.18. The van der Waals surface area contributed by atoms with Crippen molar-refractivity contribution < 1.29 is 19.4 Å². The molecule has 1 aliphatic heterocycles. The molecule has 1 heterocycles. The summed E-state index contributed by atoms with van der Waals surface area (Å²) in [7, 11) is 1.59. The van der Waals surface area contributed by atoms with Gasteiger partial charge in [0.1, 0.15) is 0 Å². The van der Waals surface area contributed by atoms with E-state index in [4.69, 9.17) is 9.84 Å². The van der Waals surface area contributed by atoms with E-state index in [0.717, 1.165) is 12.8 Å². The standard InChI is InChI=1S/C12H22N2O4/c1-12(2,18-3)8-13-11(17)14-6-4-5-9(14)7-10(15)16/h9H,4-8H2,1-3H3,(H,13,17)(H,15,16). The van der Waals surface area contributed by atoms with E-state index >= 15 is 0 Å². The molecular formula is C12H22N2O4. The molecule has 2 amide bonds. The summed E-state index contributed by atoms with van der Waals surface area (Å²) in [6, 6.07) is -0.392. The van der Waals surface area contributed by atoms with Gasteiger partial charge in [-0.15, -0.1) is 0 Å². The van der Waals surface area contributed by atoms with Crippen LogP contribution in [0.5, 0.6) is 0 Å². The minimum atomic E-state index is -0.864. The van der Waals surface area contributed by atoms with Crippen LogP contribution in [0.4, 0.5) is 4.79 Å². The first-order valence-electron chi connectivity index (χ1n) is 6.17. The Morgan fingerprint density at radius 1 is 1.50 bits per heavy atom. The number of amides is 2. The van der Waals surface area contributed by atoms with E-state index in [2.05, 4.69) is 5.32 Å². The van der Waals surface area contributed by atoms with Crippen LogP contribution in [0.15, 0.2) is 0 Å². The lowest BCUT2D eigenvalue weighted by molar-refractivity contribution is -0.137. The van der Waals surface area contributed by atoms with Gasteiger partial charge < -0.3 is 20.1 Å². The highest BCUT2D eigenvalue weighted by molar-refractivity contribution is 5.76. The number of nitrogens with one attached hydrogen (secondary N) is 1. The monoisotopic (exact) mass is 258 g/mol. The summed E-state index contributed by atoms with van der Waals surface area (Å²) in [4.78, 5) is 24.3. The van der Waals surface area contributed by atoms with Crippen LogP contribution in [0, 0.1) is 0 Å². The molecule has 0 aliphatic carbocycles. The molecule has 2 N–H and O–H groups in total. The zero-order chi connectivity index (χ0) is 13.8. The zero-order valence-corrected chi connectivity index (χ0v) is 11.2. The molecule has 1 unspecified atom stereocenters. The third-order valence-electron chi connectivity index (χ3n) is 3.27. The van der Waals surface area contributed by atoms with Gasteiger partial charge in [0.15, 0.2) is 0 Å². The van der Waals surface area contributed by atoms with Crippen molar-refractivity contribution in [3.8, 4) is 0 Å². The predicted molar refractivity (Wildman–Crippen MR) is 66.5 cm³/mol. The molecular weight excluding hydrogens is 236 g/mol. The van der Waals surface area contributed by atoms with Crippen LogP contribution in [0.2, 0.25) is 0 Å². The Morgan fingerprint density at radius 3 is 2.72 bits per heavy atom. The van der Waals surface area contributed by atoms with E-state index in [1.165, 1.54) is 0 Å². The van der Waals surface area contributed by atoms with Crippen LogP contribution in [0.25, 0.3) is 0 Å². The highest BCUT2D eigenvalue weighted by atomic mass is 16.5. The molecule has 6 nitrogen and oxygen atoms in total. The molecule has 1 aliphatic rings. The van der Waals surface area contributed by atoms with Gasteiger partial charge in [0.05, 0.1) is 12.0 Å². The predicted octanol–water partition coefficient (Wildman–Crippen LogP) is 1.06. The molecule has 104 valence electrons. The quantitative estimate of drug-likeness (QED) is 0.773. The molecule has 0 aromatic carbocycles. The molecule has 0 aromatic rings. The Balaban J connectivity index is 2.48. The van der Waals surface area contributed by atoms with Crippen molar-refractivity contribution in [2.75, 3.05) is 20.2 Å². The fourth-order valence-electron chi connectivity index (χ4n) is 1.98. The number of likely N-dealkylation sites (tertiary alicyclic amines) is 1. The number of nitrogens with zero attached hydrogens (tertiary/aromatic N) is 1. The highest BCUT2D eigenvalue weighted by Crippen LogP contribution is 2.20. The largest absolute Gasteiger partial charge is 0.481 e. The van der Waals surface area contributed by atoms with Crippen LogP contribution in [0.3, 0.4) is 0 Å². The maximum absolute atomic E-state index is 12.0. The van der Waals surface area contributed by atoms with Gasteiger partial charge in [0, 0.05) is 26.2 Å². The first kappa shape index (κ1) is 14.8. The Morgan fingerprint density at radius 2 is 2.17 bits per heavy atom. The average Bonchev–Trinajstić information content (AvgIpc) is 2.73. The number of aliphatic carboxylic acids is 1. The minimum absolute atomic E-state index is 0.0150. The topological polar surface area (TPSA) is 78.9 Å². The molecule has 18 heavy (non-hydrogen) atoms. The number of carbonyl (C=O) groups excluding carboxylic acids is 1. The maximum Gasteiger partial charge on any atom is 0.317 e. The Hall–Kier alpha value is -1.30. The normalized spacial score (nSPS) is 19.9. The number of hydrogen-bond donors (Lipinski definition) is 2. The van der Waals surface area contributed by atoms with Gasteiger partial charge in [-0.2, -0.15) is 0 Å². The Labute approximate surface area is 107 Å². The molecule has 1 fully saturated rings. The Bertz CT molecular complexity index is 317. The van der Waals surface area contributed by atoms with Crippen LogP contribution >= 0.6 is 0 Å². The smallest absolute Gasteiger partial charge is 0.317 e. The van der Waals surface area contributed by atoms with Gasteiger partial charge in [0.25, 0.3) is 0 Å². The van der Waals surface area contributed by atoms with Crippen LogP contribution in [-0.2, 0) is 9.53 Å². The van der Waals surface area contributed by atoms with E-state index in [9.17, 15) is 9.59 Å². The van der Waals surface area contributed by atoms with Crippen molar-refractivity contribution in [1.29, 1.82) is 0 Å². The highest BCUT2D eigenvalue weighted by Gasteiger charge is 2.31. The van der Waals surface area contributed by atoms with Crippen molar-refractivity contribution in [2.24, 2.45) is 0 Å². The number of carboxylic acid groups (broad SMARTS) is 1. The lowest BCUT2D eigenvalue weighted by Gasteiger charge is -2.28. The van der Waals surface area contributed by atoms with Crippen molar-refractivity contribution in [3.05, 3.63) is 0 Å². The SMILES string of the molecule is COC(C)(C)CNC(=O)N1CCCC1CC(=O)O. The van der Waals surface area contributed by atoms with Gasteiger partial charge in [-0.25, -0.2) is 4.79 Å². The molecule has 0 spiro atoms. The number of methoxy groups -OCH3 is 1. The summed E-state index contributed by atoms with van der Waals surface area (Å²) in [5.74, 6) is -0.864. The summed E-state index contributed by atoms with van der Waals surface area (Å²) in [6.45, 7) is 4.79. The summed E-state index contributed by atoms with van der Waals surface area (Å²) in [5.41, 5.74) is -0.419. The molecule has 1 atom stereocenters. The van der Waals surface area contributed by atoms with Gasteiger partial charge in [-0.05, 0) is 26.7 Å². The lowest BCUT2D eigenvalue weighted by Crippen LogP contribution is -2.48. The number of rotatable bonds is 5. The van der Waals surface area contributed by atoms with Crippen molar-refractivity contribution >= 4 is 12.0 Å². The van der Waals surface area contributed by atoms with Gasteiger partial charge >= 0.3 is 12.0 Å². The minimum Gasteiger partial charge on any atom is -0.481 e. The fourth-order valence-corrected chi connectivity index (χ4v) is 1.98. The van der Waals surface area contributed by atoms with E-state index in [1.54, 1.807) is 12.0 Å². The number of carboxylic acids is 1. The van der Waals surface area contributed by atoms with E-state index in [-0.39, 0.29) is 18.5 Å². The summed E-state index contributed by atoms with van der Waals surface area (Å²) >= 11 is 0. The van der Waals surface area contributed by atoms with E-state index in [0.29, 0.717) is 13.1 Å². The van der Waals surface area contributed by atoms with Crippen LogP contribution in [0.1, 0.15) is 33.1 Å². The second-order valence-corrected chi connectivity index (χ2v) is 5.21. The van der Waals surface area contributed by atoms with Crippen molar-refractivity contribution in [1.82, 2.24) is 10.2 Å². The Kier molecular flexibility index (Phi) is 4.95. The number of ether oxygens (including phenoxy) is 1. The van der Waals surface area contributed by atoms with Crippen LogP contribution in [-0.4, -0.2) is 53.8 Å². The second kappa shape index (κ2) is 6.04. The molecule has 0 bridgehead atoms. The van der Waals surface area contributed by atoms with Gasteiger partial charge in [-0.3, -0.25) is 4.79 Å². The molecule has 6 heteroatoms. The molecule has 1 rings (SSSR count). The molecule has 1 saturated heterocycles. The zero-order valence-electron chi connectivity index (χ0n) is 11.2. The first-order chi connectivity index (χ1) is 8.35. The number of hydrogen-bond acceptors (Lipinski definition) is 3. The summed E-state index contributed by atoms with van der Waals surface area (Å²) < 4.78 is 5.21. The number of urea groups is 1. The summed E-state index contributed by atoms with van der Waals surface area (Å²) in [6.07, 6.45) is 1.63. The lowest BCUT2D eigenvalue weighted by atomic mass is 10.1. The van der Waals surface area contributed by atoms with Gasteiger partial charge in [-0.1, -0.05) is 0 Å². The van der Waals surface area contributed by atoms with E-state index < -0.39 is 11.6 Å². The number of carbonyl (C=O) groups is 2. The second-order valence-electron chi connectivity index (χ2n) is 5.21. The third-order valence-corrected chi connectivity index (χ3v) is 3.27. The average molecular weight is 258 g/mol. The maximum atomic E-state index is 12.0. The first-order valence-corrected chi connectivity index (χ1v) is 6.17. The summed E-state index contributed by atoms with van der Waals surface area (Å²) in [5, 5.41) is 11.6. The van der Waals surface area contributed by atoms with Gasteiger partial charge in [0.2, 0.25) is 0 Å². The molecule has 0 saturated carbocycles. The fraction of sp³-hybridized carbons (Fsp3) is 0.833. The van der Waals surface area contributed by atoms with Crippen molar-refractivity contribution in [3.63, 3.8) is 0 Å².